The second kappa shape index (κ2) is 7.24. The van der Waals surface area contributed by atoms with Crippen LogP contribution in [0.25, 0.3) is 11.3 Å². The Morgan fingerprint density at radius 2 is 1.92 bits per heavy atom. The fraction of sp³-hybridized carbons (Fsp3) is 0.550. The summed E-state index contributed by atoms with van der Waals surface area (Å²) < 4.78 is 5.33. The smallest absolute Gasteiger partial charge is 0.119 e. The molecule has 0 unspecified atom stereocenters. The molecule has 0 bridgehead atoms. The van der Waals surface area contributed by atoms with E-state index >= 15 is 0 Å². The highest BCUT2D eigenvalue weighted by Crippen LogP contribution is 2.35. The summed E-state index contributed by atoms with van der Waals surface area (Å²) in [7, 11) is 1.71. The summed E-state index contributed by atoms with van der Waals surface area (Å²) in [6.45, 7) is 2.51. The summed E-state index contributed by atoms with van der Waals surface area (Å²) in [4.78, 5) is 7.68. The quantitative estimate of drug-likeness (QED) is 0.787. The highest BCUT2D eigenvalue weighted by molar-refractivity contribution is 7.10. The number of likely N-dealkylation sites (tertiary alicyclic amines) is 1. The zero-order valence-corrected chi connectivity index (χ0v) is 15.2. The molecule has 1 aromatic heterocycles. The van der Waals surface area contributed by atoms with Crippen molar-refractivity contribution in [1.29, 1.82) is 0 Å². The zero-order valence-electron chi connectivity index (χ0n) is 14.4. The van der Waals surface area contributed by atoms with Crippen LogP contribution in [0.5, 0.6) is 5.75 Å². The van der Waals surface area contributed by atoms with Gasteiger partial charge in [-0.2, -0.15) is 0 Å². The van der Waals surface area contributed by atoms with Gasteiger partial charge < -0.3 is 9.64 Å². The maximum Gasteiger partial charge on any atom is 0.119 e. The summed E-state index contributed by atoms with van der Waals surface area (Å²) in [5.74, 6) is 1.54. The number of benzene rings is 1. The van der Waals surface area contributed by atoms with Crippen LogP contribution >= 0.6 is 11.3 Å². The predicted octanol–water partition coefficient (Wildman–Crippen LogP) is 4.94. The van der Waals surface area contributed by atoms with Crippen LogP contribution in [-0.2, 0) is 0 Å². The Hall–Kier alpha value is -1.39. The maximum atomic E-state index is 5.33. The Labute approximate surface area is 148 Å². The third-order valence-corrected chi connectivity index (χ3v) is 6.61. The minimum atomic E-state index is 0.645. The molecule has 1 aromatic carbocycles. The molecule has 1 saturated carbocycles. The Morgan fingerprint density at radius 1 is 1.12 bits per heavy atom. The molecule has 0 N–H and O–H groups in total. The molecular formula is C20H26N2OS. The van der Waals surface area contributed by atoms with E-state index < -0.39 is 0 Å². The van der Waals surface area contributed by atoms with Gasteiger partial charge in [-0.15, -0.1) is 11.3 Å². The largest absolute Gasteiger partial charge is 0.497 e. The van der Waals surface area contributed by atoms with Crippen LogP contribution in [0.2, 0.25) is 0 Å². The lowest BCUT2D eigenvalue weighted by molar-refractivity contribution is 0.154. The average molecular weight is 343 g/mol. The molecule has 2 aliphatic rings. The van der Waals surface area contributed by atoms with Crippen molar-refractivity contribution in [3.8, 4) is 17.0 Å². The van der Waals surface area contributed by atoms with E-state index in [-0.39, 0.29) is 0 Å². The van der Waals surface area contributed by atoms with Crippen LogP contribution in [0.3, 0.4) is 0 Å². The van der Waals surface area contributed by atoms with E-state index in [4.69, 9.17) is 9.72 Å². The highest BCUT2D eigenvalue weighted by atomic mass is 32.1. The van der Waals surface area contributed by atoms with E-state index in [1.807, 2.05) is 23.5 Å². The molecule has 2 heterocycles. The Kier molecular flexibility index (Phi) is 4.86. The molecule has 0 radical (unpaired) electrons. The van der Waals surface area contributed by atoms with Crippen molar-refractivity contribution in [3.63, 3.8) is 0 Å². The van der Waals surface area contributed by atoms with Crippen LogP contribution in [-0.4, -0.2) is 36.1 Å². The van der Waals surface area contributed by atoms with E-state index in [0.717, 1.165) is 23.0 Å². The number of ether oxygens (including phenoxy) is 1. The summed E-state index contributed by atoms with van der Waals surface area (Å²) in [6.07, 6.45) is 8.23. The number of hydrogen-bond donors (Lipinski definition) is 0. The molecular weight excluding hydrogens is 316 g/mol. The van der Waals surface area contributed by atoms with Crippen molar-refractivity contribution in [2.24, 2.45) is 0 Å². The number of aromatic nitrogens is 1. The number of nitrogens with zero attached hydrogens (tertiary/aromatic N) is 2. The lowest BCUT2D eigenvalue weighted by Crippen LogP contribution is -2.39. The first-order valence-electron chi connectivity index (χ1n) is 9.17. The van der Waals surface area contributed by atoms with Crippen molar-refractivity contribution in [2.45, 2.75) is 50.5 Å². The molecule has 0 spiro atoms. The van der Waals surface area contributed by atoms with Crippen molar-refractivity contribution < 1.29 is 4.74 Å². The van der Waals surface area contributed by atoms with Gasteiger partial charge in [-0.25, -0.2) is 4.98 Å². The summed E-state index contributed by atoms with van der Waals surface area (Å²) in [6, 6.07) is 9.07. The molecule has 2 aromatic rings. The molecule has 0 amide bonds. The highest BCUT2D eigenvalue weighted by Gasteiger charge is 2.28. The summed E-state index contributed by atoms with van der Waals surface area (Å²) in [5.41, 5.74) is 2.24. The van der Waals surface area contributed by atoms with E-state index in [1.165, 1.54) is 56.6 Å². The zero-order chi connectivity index (χ0) is 16.4. The monoisotopic (exact) mass is 342 g/mol. The molecule has 3 nitrogen and oxygen atoms in total. The Morgan fingerprint density at radius 3 is 2.67 bits per heavy atom. The van der Waals surface area contributed by atoms with Crippen molar-refractivity contribution in [2.75, 3.05) is 20.2 Å². The average Bonchev–Trinajstić information content (AvgIpc) is 3.34. The van der Waals surface area contributed by atoms with Gasteiger partial charge in [0.05, 0.1) is 17.8 Å². The molecule has 4 rings (SSSR count). The van der Waals surface area contributed by atoms with Gasteiger partial charge in [-0.3, -0.25) is 0 Å². The van der Waals surface area contributed by atoms with Crippen molar-refractivity contribution in [3.05, 3.63) is 34.7 Å². The third-order valence-electron chi connectivity index (χ3n) is 5.61. The fourth-order valence-corrected chi connectivity index (χ4v) is 5.17. The Bertz CT molecular complexity index is 670. The number of rotatable bonds is 4. The molecule has 24 heavy (non-hydrogen) atoms. The van der Waals surface area contributed by atoms with Crippen molar-refractivity contribution in [1.82, 2.24) is 9.88 Å². The third kappa shape index (κ3) is 3.35. The second-order valence-corrected chi connectivity index (χ2v) is 7.94. The standard InChI is InChI=1S/C20H26N2OS/c1-23-18-8-4-5-16(13-18)19-14-24-20(21-19)15-9-11-22(12-10-15)17-6-2-3-7-17/h4-5,8,13-15,17H,2-3,6-7,9-12H2,1H3. The molecule has 0 atom stereocenters. The van der Waals surface area contributed by atoms with E-state index in [9.17, 15) is 0 Å². The first-order chi connectivity index (χ1) is 11.8. The lowest BCUT2D eigenvalue weighted by atomic mass is 9.96. The normalized spacial score (nSPS) is 20.5. The fourth-order valence-electron chi connectivity index (χ4n) is 4.17. The lowest BCUT2D eigenvalue weighted by Gasteiger charge is -2.35. The van der Waals surface area contributed by atoms with Crippen LogP contribution in [0.15, 0.2) is 29.6 Å². The van der Waals surface area contributed by atoms with Crippen LogP contribution in [0, 0.1) is 0 Å². The second-order valence-electron chi connectivity index (χ2n) is 7.05. The number of piperidine rings is 1. The molecule has 4 heteroatoms. The first-order valence-corrected chi connectivity index (χ1v) is 10.1. The van der Waals surface area contributed by atoms with Gasteiger partial charge in [0.15, 0.2) is 0 Å². The number of hydrogen-bond acceptors (Lipinski definition) is 4. The molecule has 128 valence electrons. The van der Waals surface area contributed by atoms with Gasteiger partial charge in [-0.05, 0) is 50.9 Å². The number of methoxy groups -OCH3 is 1. The Balaban J connectivity index is 1.42. The van der Waals surface area contributed by atoms with E-state index in [1.54, 1.807) is 7.11 Å². The number of thiazole rings is 1. The molecule has 1 aliphatic heterocycles. The van der Waals surface area contributed by atoms with Gasteiger partial charge in [0.2, 0.25) is 0 Å². The van der Waals surface area contributed by atoms with Gasteiger partial charge in [0.25, 0.3) is 0 Å². The first kappa shape index (κ1) is 16.1. The summed E-state index contributed by atoms with van der Waals surface area (Å²) in [5, 5.41) is 3.52. The van der Waals surface area contributed by atoms with Gasteiger partial charge in [0, 0.05) is 22.9 Å². The molecule has 1 aliphatic carbocycles. The van der Waals surface area contributed by atoms with Crippen LogP contribution in [0.4, 0.5) is 0 Å². The van der Waals surface area contributed by atoms with E-state index in [0.29, 0.717) is 5.92 Å². The van der Waals surface area contributed by atoms with Gasteiger partial charge in [-0.1, -0.05) is 25.0 Å². The maximum absolute atomic E-state index is 5.33. The topological polar surface area (TPSA) is 25.4 Å². The molecule has 2 fully saturated rings. The summed E-state index contributed by atoms with van der Waals surface area (Å²) >= 11 is 1.83. The molecule has 1 saturated heterocycles. The van der Waals surface area contributed by atoms with Gasteiger partial charge >= 0.3 is 0 Å². The van der Waals surface area contributed by atoms with Crippen LogP contribution in [0.1, 0.15) is 49.5 Å². The van der Waals surface area contributed by atoms with Crippen LogP contribution < -0.4 is 4.74 Å². The van der Waals surface area contributed by atoms with E-state index in [2.05, 4.69) is 22.4 Å². The van der Waals surface area contributed by atoms with Crippen molar-refractivity contribution >= 4 is 11.3 Å². The SMILES string of the molecule is COc1cccc(-c2csc(C3CCN(C4CCCC4)CC3)n2)c1. The minimum Gasteiger partial charge on any atom is -0.497 e. The minimum absolute atomic E-state index is 0.645. The van der Waals surface area contributed by atoms with Gasteiger partial charge in [0.1, 0.15) is 5.75 Å². The predicted molar refractivity (Wildman–Crippen MR) is 99.9 cm³/mol.